The Labute approximate surface area is 167 Å². The molecular weight excluding hydrogens is 400 g/mol. The van der Waals surface area contributed by atoms with Gasteiger partial charge in [-0.25, -0.2) is 9.78 Å². The molecule has 2 N–H and O–H groups in total. The quantitative estimate of drug-likeness (QED) is 0.672. The highest BCUT2D eigenvalue weighted by Gasteiger charge is 2.25. The molecule has 1 aromatic carbocycles. The lowest BCUT2D eigenvalue weighted by Gasteiger charge is -2.07. The van der Waals surface area contributed by atoms with Crippen LogP contribution in [0.1, 0.15) is 37.5 Å². The van der Waals surface area contributed by atoms with Gasteiger partial charge in [0.25, 0.3) is 11.8 Å². The molecule has 0 radical (unpaired) electrons. The molecule has 0 saturated heterocycles. The van der Waals surface area contributed by atoms with Crippen LogP contribution in [0.4, 0.5) is 9.80 Å². The average molecular weight is 414 g/mol. The van der Waals surface area contributed by atoms with E-state index in [1.165, 1.54) is 11.3 Å². The number of nitrogens with one attached hydrogen (secondary N) is 2. The van der Waals surface area contributed by atoms with Gasteiger partial charge in [-0.3, -0.25) is 14.9 Å². The smallest absolute Gasteiger partial charge is 0.414 e. The molecule has 0 aliphatic rings. The van der Waals surface area contributed by atoms with Crippen LogP contribution in [0.25, 0.3) is 10.2 Å². The van der Waals surface area contributed by atoms with Gasteiger partial charge in [0.15, 0.2) is 5.01 Å². The molecule has 0 bridgehead atoms. The van der Waals surface area contributed by atoms with Crippen LogP contribution < -0.4 is 10.6 Å². The number of anilines is 1. The predicted octanol–water partition coefficient (Wildman–Crippen LogP) is 3.68. The molecule has 0 aliphatic carbocycles. The molecule has 0 fully saturated rings. The van der Waals surface area contributed by atoms with E-state index in [0.717, 1.165) is 16.0 Å². The molecule has 10 heteroatoms. The zero-order valence-electron chi connectivity index (χ0n) is 14.9. The Morgan fingerprint density at radius 3 is 2.64 bits per heavy atom. The molecule has 0 atom stereocenters. The molecule has 0 aliphatic heterocycles. The molecule has 0 saturated carbocycles. The molecule has 3 rings (SSSR count). The molecule has 142 valence electrons. The van der Waals surface area contributed by atoms with Gasteiger partial charge in [0.1, 0.15) is 15.9 Å². The number of rotatable bonds is 4. The Morgan fingerprint density at radius 2 is 1.96 bits per heavy atom. The summed E-state index contributed by atoms with van der Waals surface area (Å²) in [6.07, 6.45) is -0.903. The van der Waals surface area contributed by atoms with E-state index in [9.17, 15) is 19.6 Å². The highest BCUT2D eigenvalue weighted by molar-refractivity contribution is 7.20. The summed E-state index contributed by atoms with van der Waals surface area (Å²) in [6, 6.07) is 9.30. The number of alkyl carbamates (subject to hydrolysis) is 1. The Hall–Kier alpha value is -3.29. The number of amides is 3. The van der Waals surface area contributed by atoms with Crippen LogP contribution in [0.3, 0.4) is 0 Å². The second kappa shape index (κ2) is 8.16. The summed E-state index contributed by atoms with van der Waals surface area (Å²) in [7, 11) is 0. The first-order chi connectivity index (χ1) is 13.4. The second-order valence-corrected chi connectivity index (χ2v) is 7.54. The maximum absolute atomic E-state index is 12.6. The molecular formula is C18H14N4O4S2. The molecule has 2 heterocycles. The number of carbonyl (C=O) groups excluding carboxylic acids is 3. The van der Waals surface area contributed by atoms with Crippen molar-refractivity contribution >= 4 is 55.8 Å². The Kier molecular flexibility index (Phi) is 5.67. The van der Waals surface area contributed by atoms with Gasteiger partial charge in [0.05, 0.1) is 22.4 Å². The predicted molar refractivity (Wildman–Crippen MR) is 106 cm³/mol. The number of para-hydroxylation sites is 1. The van der Waals surface area contributed by atoms with Crippen molar-refractivity contribution in [1.29, 1.82) is 5.26 Å². The fourth-order valence-corrected chi connectivity index (χ4v) is 4.29. The van der Waals surface area contributed by atoms with Crippen LogP contribution >= 0.6 is 22.7 Å². The lowest BCUT2D eigenvalue weighted by atomic mass is 10.1. The van der Waals surface area contributed by atoms with Gasteiger partial charge >= 0.3 is 6.09 Å². The number of nitriles is 1. The first-order valence-electron chi connectivity index (χ1n) is 8.13. The van der Waals surface area contributed by atoms with Crippen molar-refractivity contribution in [3.05, 3.63) is 45.3 Å². The second-order valence-electron chi connectivity index (χ2n) is 5.49. The Balaban J connectivity index is 1.90. The van der Waals surface area contributed by atoms with Crippen LogP contribution in [0.15, 0.2) is 24.3 Å². The van der Waals surface area contributed by atoms with Crippen molar-refractivity contribution in [1.82, 2.24) is 10.3 Å². The summed E-state index contributed by atoms with van der Waals surface area (Å²) < 4.78 is 5.56. The van der Waals surface area contributed by atoms with Crippen LogP contribution in [-0.4, -0.2) is 29.5 Å². The van der Waals surface area contributed by atoms with Crippen molar-refractivity contribution < 1.29 is 19.1 Å². The molecule has 28 heavy (non-hydrogen) atoms. The number of thiophene rings is 1. The maximum atomic E-state index is 12.6. The third kappa shape index (κ3) is 3.85. The number of carbonyl (C=O) groups is 3. The summed E-state index contributed by atoms with van der Waals surface area (Å²) >= 11 is 2.17. The van der Waals surface area contributed by atoms with Crippen LogP contribution in [-0.2, 0) is 4.74 Å². The summed E-state index contributed by atoms with van der Waals surface area (Å²) in [5.74, 6) is -1.26. The number of fused-ring (bicyclic) bond motifs is 1. The average Bonchev–Trinajstić information content (AvgIpc) is 3.22. The van der Waals surface area contributed by atoms with Crippen molar-refractivity contribution in [2.24, 2.45) is 0 Å². The highest BCUT2D eigenvalue weighted by Crippen LogP contribution is 2.33. The van der Waals surface area contributed by atoms with Crippen LogP contribution in [0.2, 0.25) is 0 Å². The van der Waals surface area contributed by atoms with E-state index in [0.29, 0.717) is 11.1 Å². The van der Waals surface area contributed by atoms with Crippen molar-refractivity contribution in [3.8, 4) is 6.07 Å². The van der Waals surface area contributed by atoms with Crippen LogP contribution in [0, 0.1) is 18.3 Å². The number of imide groups is 1. The van der Waals surface area contributed by atoms with E-state index in [1.54, 1.807) is 19.9 Å². The number of hydrogen-bond donors (Lipinski definition) is 2. The van der Waals surface area contributed by atoms with Crippen molar-refractivity contribution in [2.45, 2.75) is 13.8 Å². The SMILES string of the molecule is CCOC(=O)NC(=O)c1c(NC(=O)c2nc3ccccc3s2)sc(C#N)c1C. The number of nitrogens with zero attached hydrogens (tertiary/aromatic N) is 2. The highest BCUT2D eigenvalue weighted by atomic mass is 32.1. The summed E-state index contributed by atoms with van der Waals surface area (Å²) in [4.78, 5) is 41.2. The number of benzene rings is 1. The first-order valence-corrected chi connectivity index (χ1v) is 9.76. The minimum Gasteiger partial charge on any atom is -0.450 e. The number of aromatic nitrogens is 1. The molecule has 0 unspecified atom stereocenters. The topological polar surface area (TPSA) is 121 Å². The molecule has 3 amide bonds. The molecule has 0 spiro atoms. The van der Waals surface area contributed by atoms with E-state index < -0.39 is 17.9 Å². The zero-order chi connectivity index (χ0) is 20.3. The van der Waals surface area contributed by atoms with E-state index >= 15 is 0 Å². The summed E-state index contributed by atoms with van der Waals surface area (Å²) in [6.45, 7) is 3.28. The van der Waals surface area contributed by atoms with Gasteiger partial charge in [-0.2, -0.15) is 5.26 Å². The minimum absolute atomic E-state index is 0.0454. The van der Waals surface area contributed by atoms with Crippen molar-refractivity contribution in [3.63, 3.8) is 0 Å². The lowest BCUT2D eigenvalue weighted by molar-refractivity contribution is 0.0925. The fourth-order valence-electron chi connectivity index (χ4n) is 2.43. The Morgan fingerprint density at radius 1 is 1.21 bits per heavy atom. The van der Waals surface area contributed by atoms with Gasteiger partial charge < -0.3 is 10.1 Å². The standard InChI is InChI=1S/C18H14N4O4S2/c1-3-26-18(25)22-14(23)13-9(2)12(8-19)28-16(13)21-15(24)17-20-10-6-4-5-7-11(10)27-17/h4-7H,3H2,1-2H3,(H,21,24)(H,22,23,25). The Bertz CT molecular complexity index is 1090. The number of ether oxygens (including phenoxy) is 1. The third-order valence-corrected chi connectivity index (χ3v) is 5.83. The van der Waals surface area contributed by atoms with Gasteiger partial charge in [0.2, 0.25) is 0 Å². The van der Waals surface area contributed by atoms with E-state index in [-0.39, 0.29) is 27.1 Å². The van der Waals surface area contributed by atoms with E-state index in [1.807, 2.05) is 24.3 Å². The summed E-state index contributed by atoms with van der Waals surface area (Å²) in [5, 5.41) is 14.4. The summed E-state index contributed by atoms with van der Waals surface area (Å²) in [5.41, 5.74) is 1.11. The lowest BCUT2D eigenvalue weighted by Crippen LogP contribution is -2.31. The van der Waals surface area contributed by atoms with E-state index in [4.69, 9.17) is 4.74 Å². The zero-order valence-corrected chi connectivity index (χ0v) is 16.5. The normalized spacial score (nSPS) is 10.3. The monoisotopic (exact) mass is 414 g/mol. The van der Waals surface area contributed by atoms with Gasteiger partial charge in [-0.15, -0.1) is 22.7 Å². The van der Waals surface area contributed by atoms with Gasteiger partial charge in [0, 0.05) is 0 Å². The minimum atomic E-state index is -0.903. The largest absolute Gasteiger partial charge is 0.450 e. The fraction of sp³-hybridized carbons (Fsp3) is 0.167. The molecule has 8 nitrogen and oxygen atoms in total. The molecule has 3 aromatic rings. The number of hydrogen-bond acceptors (Lipinski definition) is 8. The van der Waals surface area contributed by atoms with Crippen molar-refractivity contribution in [2.75, 3.05) is 11.9 Å². The van der Waals surface area contributed by atoms with E-state index in [2.05, 4.69) is 15.6 Å². The first kappa shape index (κ1) is 19.5. The van der Waals surface area contributed by atoms with Crippen LogP contribution in [0.5, 0.6) is 0 Å². The number of thiazole rings is 1. The maximum Gasteiger partial charge on any atom is 0.414 e. The van der Waals surface area contributed by atoms with Gasteiger partial charge in [-0.1, -0.05) is 12.1 Å². The molecule has 2 aromatic heterocycles. The third-order valence-electron chi connectivity index (χ3n) is 3.68. The van der Waals surface area contributed by atoms with Gasteiger partial charge in [-0.05, 0) is 31.5 Å².